The van der Waals surface area contributed by atoms with E-state index < -0.39 is 57.3 Å². The molecule has 0 bridgehead atoms. The van der Waals surface area contributed by atoms with Gasteiger partial charge in [-0.05, 0) is 20.3 Å². The second kappa shape index (κ2) is 9.01. The van der Waals surface area contributed by atoms with E-state index in [1.807, 2.05) is 0 Å². The predicted octanol–water partition coefficient (Wildman–Crippen LogP) is -0.860. The highest BCUT2D eigenvalue weighted by Gasteiger charge is 2.65. The van der Waals surface area contributed by atoms with Gasteiger partial charge in [-0.3, -0.25) is 14.4 Å². The summed E-state index contributed by atoms with van der Waals surface area (Å²) in [5.74, 6) is -5.07. The third kappa shape index (κ3) is 4.18. The number of nitrogens with zero attached hydrogens (tertiary/aromatic N) is 4. The van der Waals surface area contributed by atoms with Crippen LogP contribution in [-0.2, 0) is 28.8 Å². The van der Waals surface area contributed by atoms with Gasteiger partial charge in [-0.15, -0.1) is 11.3 Å². The van der Waals surface area contributed by atoms with Gasteiger partial charge in [0, 0.05) is 18.3 Å². The van der Waals surface area contributed by atoms with Crippen LogP contribution in [0.3, 0.4) is 0 Å². The molecule has 3 aliphatic rings. The monoisotopic (exact) mass is 540 g/mol. The van der Waals surface area contributed by atoms with E-state index in [2.05, 4.69) is 10.1 Å². The van der Waals surface area contributed by atoms with Crippen LogP contribution in [0.4, 0.5) is 5.13 Å². The van der Waals surface area contributed by atoms with Crippen molar-refractivity contribution in [2.24, 2.45) is 16.8 Å². The van der Waals surface area contributed by atoms with Gasteiger partial charge in [-0.1, -0.05) is 16.9 Å². The first-order chi connectivity index (χ1) is 16.8. The van der Waals surface area contributed by atoms with E-state index in [-0.39, 0.29) is 36.0 Å². The molecule has 14 nitrogen and oxygen atoms in total. The Kier molecular flexibility index (Phi) is 6.47. The number of ketones is 1. The number of fused-ring (bicyclic) bond motifs is 1. The van der Waals surface area contributed by atoms with Gasteiger partial charge in [0.25, 0.3) is 0 Å². The Labute approximate surface area is 212 Å². The number of oxime groups is 1. The maximum absolute atomic E-state index is 13.2. The average molecular weight is 541 g/mol. The number of carboxylic acids is 2. The Morgan fingerprint density at radius 3 is 2.53 bits per heavy atom. The number of likely N-dealkylation sites (tertiary alicyclic amines) is 1. The molecule has 4 heterocycles. The lowest BCUT2D eigenvalue weighted by molar-refractivity contribution is -0.161. The van der Waals surface area contributed by atoms with Crippen LogP contribution in [0.1, 0.15) is 32.4 Å². The van der Waals surface area contributed by atoms with Gasteiger partial charge in [0.15, 0.2) is 16.6 Å². The lowest BCUT2D eigenvalue weighted by Crippen LogP contribution is -2.59. The normalized spacial score (nSPS) is 28.2. The first kappa shape index (κ1) is 25.8. The molecule has 0 unspecified atom stereocenters. The third-order valence-electron chi connectivity index (χ3n) is 6.28. The van der Waals surface area contributed by atoms with Crippen LogP contribution >= 0.6 is 23.1 Å². The Hall–Kier alpha value is -3.24. The maximum Gasteiger partial charge on any atom is 0.350 e. The summed E-state index contributed by atoms with van der Waals surface area (Å²) in [6.07, 6.45) is -0.0540. The lowest BCUT2D eigenvalue weighted by Gasteiger charge is -2.40. The molecule has 0 radical (unpaired) electrons. The summed E-state index contributed by atoms with van der Waals surface area (Å²) >= 11 is 1.96. The lowest BCUT2D eigenvalue weighted by atomic mass is 9.90. The fraction of sp³-hybridized carbons (Fsp3) is 0.550. The summed E-state index contributed by atoms with van der Waals surface area (Å²) in [4.78, 5) is 72.2. The molecule has 0 aliphatic carbocycles. The van der Waals surface area contributed by atoms with Crippen molar-refractivity contribution in [3.05, 3.63) is 11.1 Å². The summed E-state index contributed by atoms with van der Waals surface area (Å²) in [6.45, 7) is 2.42. The molecule has 0 spiro atoms. The largest absolute Gasteiger partial charge is 0.479 e. The topological polar surface area (TPSA) is 219 Å². The van der Waals surface area contributed by atoms with E-state index in [1.165, 1.54) is 29.0 Å². The van der Waals surface area contributed by atoms with Gasteiger partial charge in [0.05, 0.1) is 23.9 Å². The van der Waals surface area contributed by atoms with Crippen LogP contribution in [0.2, 0.25) is 0 Å². The smallest absolute Gasteiger partial charge is 0.350 e. The Balaban J connectivity index is 1.55. The summed E-state index contributed by atoms with van der Waals surface area (Å²) in [5, 5.41) is 23.9. The predicted molar refractivity (Wildman–Crippen MR) is 127 cm³/mol. The SMILES string of the molecule is CC(C)(O/N=C(\C(=O)C[C@@H]1C(=O)N2C[C@@](C(=O)O)(N3CC[C@@H](N)C3=O)S[C@H]12)c1csc(N)n1)C(=O)O. The molecule has 3 fully saturated rings. The minimum absolute atomic E-state index is 0.0583. The standard InChI is InChI=1S/C20H24N6O8S2/c1-19(2,16(30)31)34-24-12(10-6-35-18(22)23-10)11(27)5-8-13(28)25-7-20(17(32)33,36-15(8)25)26-4-3-9(21)14(26)29/h6,8-9,15H,3-5,7,21H2,1-2H3,(H2,22,23)(H,30,31)(H,32,33)/b24-12-/t8-,9-,15-,20-/m1/s1. The molecule has 0 aromatic carbocycles. The van der Waals surface area contributed by atoms with Gasteiger partial charge < -0.3 is 36.3 Å². The molecule has 4 atom stereocenters. The van der Waals surface area contributed by atoms with Gasteiger partial charge in [0.1, 0.15) is 5.69 Å². The summed E-state index contributed by atoms with van der Waals surface area (Å²) in [5.41, 5.74) is 9.44. The molecule has 4 rings (SSSR count). The summed E-state index contributed by atoms with van der Waals surface area (Å²) in [6, 6.07) is -0.803. The van der Waals surface area contributed by atoms with Crippen molar-refractivity contribution in [2.75, 3.05) is 18.8 Å². The Bertz CT molecular complexity index is 1180. The van der Waals surface area contributed by atoms with E-state index >= 15 is 0 Å². The molecule has 3 saturated heterocycles. The van der Waals surface area contributed by atoms with Gasteiger partial charge in [-0.25, -0.2) is 14.6 Å². The number of carbonyl (C=O) groups excluding carboxylic acids is 3. The number of nitrogen functional groups attached to an aromatic ring is 1. The number of thiazole rings is 1. The van der Waals surface area contributed by atoms with Crippen LogP contribution in [0.5, 0.6) is 0 Å². The fourth-order valence-electron chi connectivity index (χ4n) is 4.14. The molecule has 1 aromatic heterocycles. The van der Waals surface area contributed by atoms with Gasteiger partial charge in [-0.2, -0.15) is 0 Å². The molecule has 36 heavy (non-hydrogen) atoms. The number of amides is 2. The number of nitrogens with two attached hydrogens (primary N) is 2. The van der Waals surface area contributed by atoms with Crippen LogP contribution in [-0.4, -0.2) is 95.2 Å². The molecular formula is C20H24N6O8S2. The maximum atomic E-state index is 13.2. The van der Waals surface area contributed by atoms with Gasteiger partial charge in [0.2, 0.25) is 22.3 Å². The number of carboxylic acid groups (broad SMARTS) is 2. The fourth-order valence-corrected chi connectivity index (χ4v) is 6.39. The van der Waals surface area contributed by atoms with E-state index in [1.54, 1.807) is 0 Å². The van der Waals surface area contributed by atoms with Crippen molar-refractivity contribution < 1.29 is 39.0 Å². The highest BCUT2D eigenvalue weighted by Crippen LogP contribution is 2.53. The molecule has 2 amide bonds. The van der Waals surface area contributed by atoms with Crippen molar-refractivity contribution in [1.82, 2.24) is 14.8 Å². The number of hydrogen-bond acceptors (Lipinski definition) is 12. The van der Waals surface area contributed by atoms with E-state index in [9.17, 15) is 34.2 Å². The third-order valence-corrected chi connectivity index (χ3v) is 8.70. The zero-order valence-corrected chi connectivity index (χ0v) is 20.9. The van der Waals surface area contributed by atoms with Crippen molar-refractivity contribution in [3.63, 3.8) is 0 Å². The molecule has 6 N–H and O–H groups in total. The zero-order valence-electron chi connectivity index (χ0n) is 19.2. The molecule has 3 aliphatic heterocycles. The number of aliphatic carboxylic acids is 2. The van der Waals surface area contributed by atoms with Crippen molar-refractivity contribution in [2.45, 2.75) is 48.6 Å². The van der Waals surface area contributed by atoms with Crippen LogP contribution in [0.25, 0.3) is 0 Å². The van der Waals surface area contributed by atoms with Crippen molar-refractivity contribution >= 4 is 63.5 Å². The number of thioether (sulfide) groups is 1. The Morgan fingerprint density at radius 2 is 2.00 bits per heavy atom. The number of carbonyl (C=O) groups is 5. The highest BCUT2D eigenvalue weighted by atomic mass is 32.2. The average Bonchev–Trinajstić information content (AvgIpc) is 3.49. The number of anilines is 1. The van der Waals surface area contributed by atoms with Crippen molar-refractivity contribution in [3.8, 4) is 0 Å². The number of hydrogen-bond donors (Lipinski definition) is 4. The minimum atomic E-state index is -1.75. The summed E-state index contributed by atoms with van der Waals surface area (Å²) < 4.78 is 0. The second-order valence-electron chi connectivity index (χ2n) is 9.10. The van der Waals surface area contributed by atoms with E-state index in [4.69, 9.17) is 16.3 Å². The Morgan fingerprint density at radius 1 is 1.31 bits per heavy atom. The second-order valence-corrected chi connectivity index (χ2v) is 11.4. The molecule has 1 aromatic rings. The van der Waals surface area contributed by atoms with E-state index in [0.29, 0.717) is 6.42 Å². The first-order valence-corrected chi connectivity index (χ1v) is 12.6. The van der Waals surface area contributed by atoms with Crippen LogP contribution in [0, 0.1) is 5.92 Å². The molecule has 0 saturated carbocycles. The number of Topliss-reactive ketones (excluding diaryl/α,β-unsaturated/α-hetero) is 1. The van der Waals surface area contributed by atoms with Crippen LogP contribution in [0.15, 0.2) is 10.5 Å². The molecule has 194 valence electrons. The van der Waals surface area contributed by atoms with E-state index in [0.717, 1.165) is 23.1 Å². The minimum Gasteiger partial charge on any atom is -0.479 e. The zero-order chi connectivity index (χ0) is 26.6. The van der Waals surface area contributed by atoms with Crippen molar-refractivity contribution in [1.29, 1.82) is 0 Å². The summed E-state index contributed by atoms with van der Waals surface area (Å²) in [7, 11) is 0. The molecular weight excluding hydrogens is 516 g/mol. The first-order valence-electron chi connectivity index (χ1n) is 10.8. The number of aromatic nitrogens is 1. The quantitative estimate of drug-likeness (QED) is 0.171. The van der Waals surface area contributed by atoms with Crippen LogP contribution < -0.4 is 11.5 Å². The molecule has 16 heteroatoms. The van der Waals surface area contributed by atoms with Gasteiger partial charge >= 0.3 is 11.9 Å². The highest BCUT2D eigenvalue weighted by molar-refractivity contribution is 8.02. The number of β-lactam (4-membered cyclic amide) rings is 1. The number of rotatable bonds is 9.